The quantitative estimate of drug-likeness (QED) is 0.349. The molecule has 0 spiro atoms. The first-order valence-corrected chi connectivity index (χ1v) is 10.5. The number of imidazole rings is 1. The van der Waals surface area contributed by atoms with Gasteiger partial charge in [-0.2, -0.15) is 13.2 Å². The van der Waals surface area contributed by atoms with Crippen LogP contribution in [0.25, 0.3) is 33.3 Å². The monoisotopic (exact) mass is 481 g/mol. The van der Waals surface area contributed by atoms with Crippen molar-refractivity contribution in [2.75, 3.05) is 5.32 Å². The molecule has 0 unspecified atom stereocenters. The van der Waals surface area contributed by atoms with Crippen molar-refractivity contribution in [1.82, 2.24) is 19.5 Å². The van der Waals surface area contributed by atoms with Gasteiger partial charge in [-0.1, -0.05) is 29.8 Å². The molecular weight excluding hydrogens is 467 g/mol. The summed E-state index contributed by atoms with van der Waals surface area (Å²) in [7, 11) is 0. The number of benzene rings is 2. The molecule has 0 aliphatic heterocycles. The molecule has 170 valence electrons. The minimum atomic E-state index is -5.01. The molecule has 0 aliphatic carbocycles. The Morgan fingerprint density at radius 1 is 1.00 bits per heavy atom. The largest absolute Gasteiger partial charge is 0.471 e. The summed E-state index contributed by atoms with van der Waals surface area (Å²) in [5.74, 6) is -2.09. The molecule has 0 fully saturated rings. The molecule has 5 aromatic rings. The van der Waals surface area contributed by atoms with Crippen molar-refractivity contribution in [3.63, 3.8) is 0 Å². The lowest BCUT2D eigenvalue weighted by atomic mass is 10.1. The summed E-state index contributed by atoms with van der Waals surface area (Å²) in [5, 5.41) is 2.77. The lowest BCUT2D eigenvalue weighted by Gasteiger charge is -2.11. The third-order valence-corrected chi connectivity index (χ3v) is 5.57. The smallest absolute Gasteiger partial charge is 0.317 e. The van der Waals surface area contributed by atoms with E-state index < -0.39 is 12.1 Å². The molecule has 10 heteroatoms. The molecule has 5 rings (SSSR count). The Bertz CT molecular complexity index is 1550. The minimum Gasteiger partial charge on any atom is -0.317 e. The van der Waals surface area contributed by atoms with Gasteiger partial charge in [-0.3, -0.25) is 9.78 Å². The molecule has 3 heterocycles. The van der Waals surface area contributed by atoms with Crippen LogP contribution in [0.4, 0.5) is 18.9 Å². The summed E-state index contributed by atoms with van der Waals surface area (Å²) in [6.45, 7) is 0.543. The van der Waals surface area contributed by atoms with Gasteiger partial charge in [0.05, 0.1) is 34.8 Å². The average Bonchev–Trinajstić information content (AvgIpc) is 3.21. The lowest BCUT2D eigenvalue weighted by Crippen LogP contribution is -2.30. The summed E-state index contributed by atoms with van der Waals surface area (Å²) in [4.78, 5) is 24.6. The summed E-state index contributed by atoms with van der Waals surface area (Å²) in [6, 6.07) is 17.8. The number of hydrogen-bond donors (Lipinski definition) is 1. The topological polar surface area (TPSA) is 72.7 Å². The Balaban J connectivity index is 1.44. The van der Waals surface area contributed by atoms with Crippen LogP contribution in [0.3, 0.4) is 0 Å². The molecule has 0 atom stereocenters. The second kappa shape index (κ2) is 8.42. The standard InChI is InChI=1S/C24H15ClF3N5O/c25-17-11-16(4-6-20(17)32-23(34)24(26,27)28)19-7-8-21-22(31-19)33(13-30-21)12-14-3-5-18-15(10-14)2-1-9-29-18/h1-11,13H,12H2,(H,32,34). The van der Waals surface area contributed by atoms with E-state index in [2.05, 4.69) is 16.0 Å². The number of anilines is 1. The number of carbonyl (C=O) groups excluding carboxylic acids is 1. The number of hydrogen-bond acceptors (Lipinski definition) is 4. The minimum absolute atomic E-state index is 0.0322. The average molecular weight is 482 g/mol. The maximum atomic E-state index is 12.5. The van der Waals surface area contributed by atoms with Crippen molar-refractivity contribution in [2.45, 2.75) is 12.7 Å². The van der Waals surface area contributed by atoms with Crippen molar-refractivity contribution < 1.29 is 18.0 Å². The van der Waals surface area contributed by atoms with E-state index >= 15 is 0 Å². The number of nitrogens with one attached hydrogen (secondary N) is 1. The van der Waals surface area contributed by atoms with Gasteiger partial charge in [-0.25, -0.2) is 9.97 Å². The first-order valence-electron chi connectivity index (χ1n) is 10.1. The van der Waals surface area contributed by atoms with E-state index in [1.54, 1.807) is 30.0 Å². The highest BCUT2D eigenvalue weighted by Crippen LogP contribution is 2.30. The van der Waals surface area contributed by atoms with E-state index in [1.807, 2.05) is 34.9 Å². The van der Waals surface area contributed by atoms with E-state index in [0.717, 1.165) is 16.5 Å². The third-order valence-electron chi connectivity index (χ3n) is 5.25. The maximum Gasteiger partial charge on any atom is 0.471 e. The summed E-state index contributed by atoms with van der Waals surface area (Å²) in [6.07, 6.45) is -1.55. The number of rotatable bonds is 4. The van der Waals surface area contributed by atoms with Crippen LogP contribution in [0.15, 0.2) is 73.2 Å². The number of halogens is 4. The van der Waals surface area contributed by atoms with E-state index in [0.29, 0.717) is 29.0 Å². The van der Waals surface area contributed by atoms with E-state index in [9.17, 15) is 18.0 Å². The molecule has 0 saturated carbocycles. The van der Waals surface area contributed by atoms with Crippen molar-refractivity contribution in [1.29, 1.82) is 0 Å². The second-order valence-corrected chi connectivity index (χ2v) is 8.00. The summed E-state index contributed by atoms with van der Waals surface area (Å²) < 4.78 is 39.5. The predicted molar refractivity (Wildman–Crippen MR) is 124 cm³/mol. The molecule has 34 heavy (non-hydrogen) atoms. The zero-order chi connectivity index (χ0) is 23.9. The molecule has 0 saturated heterocycles. The molecule has 1 amide bonds. The van der Waals surface area contributed by atoms with Crippen LogP contribution < -0.4 is 5.32 Å². The SMILES string of the molecule is O=C(Nc1ccc(-c2ccc3ncn(Cc4ccc5ncccc5c4)c3n2)cc1Cl)C(F)(F)F. The number of carbonyl (C=O) groups is 1. The predicted octanol–water partition coefficient (Wildman–Crippen LogP) is 5.85. The lowest BCUT2D eigenvalue weighted by molar-refractivity contribution is -0.167. The van der Waals surface area contributed by atoms with Gasteiger partial charge in [0.2, 0.25) is 0 Å². The van der Waals surface area contributed by atoms with Crippen LogP contribution >= 0.6 is 11.6 Å². The zero-order valence-electron chi connectivity index (χ0n) is 17.3. The van der Waals surface area contributed by atoms with Crippen LogP contribution in [-0.2, 0) is 11.3 Å². The van der Waals surface area contributed by atoms with Gasteiger partial charge in [0.15, 0.2) is 5.65 Å². The Kier molecular flexibility index (Phi) is 5.41. The molecule has 0 radical (unpaired) electrons. The molecular formula is C24H15ClF3N5O. The summed E-state index contributed by atoms with van der Waals surface area (Å²) >= 11 is 6.12. The van der Waals surface area contributed by atoms with Gasteiger partial charge in [0, 0.05) is 17.1 Å². The van der Waals surface area contributed by atoms with Crippen molar-refractivity contribution in [2.24, 2.45) is 0 Å². The Labute approximate surface area is 196 Å². The fourth-order valence-electron chi connectivity index (χ4n) is 3.61. The van der Waals surface area contributed by atoms with Gasteiger partial charge in [0.1, 0.15) is 5.52 Å². The first-order chi connectivity index (χ1) is 16.3. The number of amides is 1. The fraction of sp³-hybridized carbons (Fsp3) is 0.0833. The molecule has 0 bridgehead atoms. The van der Waals surface area contributed by atoms with Gasteiger partial charge in [-0.15, -0.1) is 0 Å². The zero-order valence-corrected chi connectivity index (χ0v) is 18.1. The van der Waals surface area contributed by atoms with Crippen LogP contribution in [-0.4, -0.2) is 31.6 Å². The third kappa shape index (κ3) is 4.29. The van der Waals surface area contributed by atoms with Gasteiger partial charge in [-0.05, 0) is 48.0 Å². The second-order valence-electron chi connectivity index (χ2n) is 7.59. The number of alkyl halides is 3. The van der Waals surface area contributed by atoms with Gasteiger partial charge in [0.25, 0.3) is 0 Å². The van der Waals surface area contributed by atoms with Crippen LogP contribution in [0.2, 0.25) is 5.02 Å². The first kappa shape index (κ1) is 21.8. The molecule has 1 N–H and O–H groups in total. The van der Waals surface area contributed by atoms with E-state index in [4.69, 9.17) is 16.6 Å². The Hall–Kier alpha value is -3.98. The maximum absolute atomic E-state index is 12.5. The van der Waals surface area contributed by atoms with Gasteiger partial charge < -0.3 is 9.88 Å². The van der Waals surface area contributed by atoms with E-state index in [1.165, 1.54) is 12.1 Å². The van der Waals surface area contributed by atoms with Crippen molar-refractivity contribution >= 4 is 45.3 Å². The summed E-state index contributed by atoms with van der Waals surface area (Å²) in [5.41, 5.74) is 4.33. The molecule has 2 aromatic carbocycles. The fourth-order valence-corrected chi connectivity index (χ4v) is 3.83. The van der Waals surface area contributed by atoms with Gasteiger partial charge >= 0.3 is 12.1 Å². The molecule has 6 nitrogen and oxygen atoms in total. The Morgan fingerprint density at radius 3 is 2.62 bits per heavy atom. The number of aromatic nitrogens is 4. The number of pyridine rings is 2. The molecule has 0 aliphatic rings. The van der Waals surface area contributed by atoms with Crippen LogP contribution in [0, 0.1) is 0 Å². The highest BCUT2D eigenvalue weighted by Gasteiger charge is 2.38. The highest BCUT2D eigenvalue weighted by molar-refractivity contribution is 6.34. The highest BCUT2D eigenvalue weighted by atomic mass is 35.5. The van der Waals surface area contributed by atoms with Crippen LogP contribution in [0.5, 0.6) is 0 Å². The Morgan fingerprint density at radius 2 is 1.82 bits per heavy atom. The van der Waals surface area contributed by atoms with Crippen molar-refractivity contribution in [3.05, 3.63) is 83.8 Å². The van der Waals surface area contributed by atoms with Crippen LogP contribution in [0.1, 0.15) is 5.56 Å². The molecule has 3 aromatic heterocycles. The number of fused-ring (bicyclic) bond motifs is 2. The van der Waals surface area contributed by atoms with Crippen molar-refractivity contribution in [3.8, 4) is 11.3 Å². The number of nitrogens with zero attached hydrogens (tertiary/aromatic N) is 4. The normalized spacial score (nSPS) is 11.8. The van der Waals surface area contributed by atoms with E-state index in [-0.39, 0.29) is 10.7 Å².